The van der Waals surface area contributed by atoms with Gasteiger partial charge in [0, 0.05) is 37.4 Å². The number of aromatic nitrogens is 2. The van der Waals surface area contributed by atoms with Crippen LogP contribution in [0.5, 0.6) is 11.5 Å². The minimum Gasteiger partial charge on any atom is -0.497 e. The maximum atomic E-state index is 12.8. The first-order chi connectivity index (χ1) is 29.4. The predicted octanol–water partition coefficient (Wildman–Crippen LogP) is 6.96. The highest BCUT2D eigenvalue weighted by Gasteiger charge is 2.13. The van der Waals surface area contributed by atoms with E-state index < -0.39 is 11.9 Å². The van der Waals surface area contributed by atoms with Crippen LogP contribution < -0.4 is 31.1 Å². The van der Waals surface area contributed by atoms with Crippen molar-refractivity contribution >= 4 is 35.5 Å². The van der Waals surface area contributed by atoms with E-state index in [9.17, 15) is 9.59 Å². The summed E-state index contributed by atoms with van der Waals surface area (Å²) < 4.78 is 10.6. The maximum absolute atomic E-state index is 12.8. The summed E-state index contributed by atoms with van der Waals surface area (Å²) in [5.74, 6) is 0.970. The highest BCUT2D eigenvalue weighted by atomic mass is 16.7. The minimum atomic E-state index is -0.895. The van der Waals surface area contributed by atoms with E-state index in [-0.39, 0.29) is 25.0 Å². The molecule has 0 radical (unpaired) electrons. The van der Waals surface area contributed by atoms with E-state index in [1.807, 2.05) is 133 Å². The zero-order valence-corrected chi connectivity index (χ0v) is 33.1. The second kappa shape index (κ2) is 22.1. The van der Waals surface area contributed by atoms with Gasteiger partial charge in [-0.25, -0.2) is 29.5 Å². The summed E-state index contributed by atoms with van der Waals surface area (Å²) >= 11 is 0. The van der Waals surface area contributed by atoms with Gasteiger partial charge in [-0.2, -0.15) is 11.0 Å². The van der Waals surface area contributed by atoms with Crippen molar-refractivity contribution in [1.82, 2.24) is 20.9 Å². The lowest BCUT2D eigenvalue weighted by Gasteiger charge is -2.14. The van der Waals surface area contributed by atoms with Gasteiger partial charge in [-0.3, -0.25) is 0 Å². The number of hydrogen-bond acceptors (Lipinski definition) is 10. The molecule has 2 aromatic heterocycles. The van der Waals surface area contributed by atoms with Crippen LogP contribution in [0.15, 0.2) is 168 Å². The highest BCUT2D eigenvalue weighted by Crippen LogP contribution is 2.21. The van der Waals surface area contributed by atoms with Crippen LogP contribution in [0, 0.1) is 0 Å². The van der Waals surface area contributed by atoms with Crippen LogP contribution in [0.2, 0.25) is 0 Å². The number of anilines is 2. The number of methoxy groups -OCH3 is 2. The zero-order valence-electron chi connectivity index (χ0n) is 33.1. The number of rotatable bonds is 14. The Labute approximate surface area is 348 Å². The Morgan fingerprint density at radius 3 is 1.30 bits per heavy atom. The summed E-state index contributed by atoms with van der Waals surface area (Å²) in [4.78, 5) is 54.4. The van der Waals surface area contributed by atoms with E-state index in [4.69, 9.17) is 19.1 Å². The Bertz CT molecular complexity index is 2220. The summed E-state index contributed by atoms with van der Waals surface area (Å²) in [6.07, 6.45) is 6.25. The Morgan fingerprint density at radius 2 is 0.917 bits per heavy atom. The number of nitrogens with zero attached hydrogens (tertiary/aromatic N) is 4. The Hall–Kier alpha value is -8.00. The lowest BCUT2D eigenvalue weighted by atomic mass is 10.1. The molecule has 304 valence electrons. The van der Waals surface area contributed by atoms with Crippen LogP contribution >= 0.6 is 0 Å². The van der Waals surface area contributed by atoms with Crippen LogP contribution in [0.4, 0.5) is 11.6 Å². The van der Waals surface area contributed by atoms with Crippen molar-refractivity contribution in [2.24, 2.45) is 9.98 Å². The van der Waals surface area contributed by atoms with Gasteiger partial charge in [0.15, 0.2) is 0 Å². The highest BCUT2D eigenvalue weighted by molar-refractivity contribution is 5.97. The number of benzene rings is 4. The zero-order chi connectivity index (χ0) is 41.8. The topological polar surface area (TPSA) is 170 Å². The number of pyridine rings is 2. The van der Waals surface area contributed by atoms with Gasteiger partial charge >= 0.3 is 11.9 Å². The molecule has 0 saturated heterocycles. The van der Waals surface area contributed by atoms with Crippen LogP contribution in [0.1, 0.15) is 33.4 Å². The Morgan fingerprint density at radius 1 is 0.517 bits per heavy atom. The fourth-order valence-corrected chi connectivity index (χ4v) is 5.64. The van der Waals surface area contributed by atoms with E-state index >= 15 is 0 Å². The second-order valence-corrected chi connectivity index (χ2v) is 13.0. The van der Waals surface area contributed by atoms with E-state index in [0.29, 0.717) is 24.5 Å². The van der Waals surface area contributed by atoms with Crippen LogP contribution in [-0.4, -0.2) is 48.0 Å². The molecule has 4 aromatic carbocycles. The second-order valence-electron chi connectivity index (χ2n) is 13.0. The van der Waals surface area contributed by atoms with Gasteiger partial charge in [-0.15, -0.1) is 0 Å². The lowest BCUT2D eigenvalue weighted by molar-refractivity contribution is -0.144. The molecule has 14 heteroatoms. The molecular formula is C46H44N8O6. The fraction of sp³-hybridized carbons (Fsp3) is 0.130. The predicted molar refractivity (Wildman–Crippen MR) is 230 cm³/mol. The van der Waals surface area contributed by atoms with E-state index in [2.05, 4.69) is 41.5 Å². The standard InChI is InChI=1S/C46H44N8O6/c1-57-39-21-17-33(18-22-39)29-37-15-9-27-47-43(37)51-45(49-31-35-11-5-3-6-12-35)53-59-41(55)25-26-42(56)60-54-46(50-32-36-13-7-4-8-14-36)52-44-38(16-10-28-48-44)30-34-19-23-40(58-2)24-20-34/h3-28H,29-32H2,1-2H3,(H2,47,49,51,53)(H2,48,50,52,54)/b26-25-. The molecule has 0 unspecified atom stereocenters. The summed E-state index contributed by atoms with van der Waals surface area (Å²) in [7, 11) is 3.24. The third kappa shape index (κ3) is 13.3. The first-order valence-electron chi connectivity index (χ1n) is 18.9. The van der Waals surface area contributed by atoms with Crippen LogP contribution in [-0.2, 0) is 45.2 Å². The minimum absolute atomic E-state index is 0.116. The van der Waals surface area contributed by atoms with Crippen molar-refractivity contribution in [3.8, 4) is 11.5 Å². The Kier molecular flexibility index (Phi) is 15.3. The number of carbonyl (C=O) groups excluding carboxylic acids is 2. The average molecular weight is 805 g/mol. The molecule has 0 fully saturated rings. The van der Waals surface area contributed by atoms with Crippen molar-refractivity contribution in [2.45, 2.75) is 25.9 Å². The third-order valence-electron chi connectivity index (χ3n) is 8.74. The molecule has 2 heterocycles. The van der Waals surface area contributed by atoms with Gasteiger partial charge in [0.1, 0.15) is 23.1 Å². The molecule has 6 rings (SSSR count). The molecule has 14 nitrogen and oxygen atoms in total. The number of nitrogens with one attached hydrogen (secondary N) is 4. The number of guanidine groups is 2. The summed E-state index contributed by atoms with van der Waals surface area (Å²) in [5.41, 5.74) is 10.8. The van der Waals surface area contributed by atoms with Crippen molar-refractivity contribution in [2.75, 3.05) is 24.9 Å². The number of hydrogen-bond donors (Lipinski definition) is 4. The van der Waals surface area contributed by atoms with Crippen LogP contribution in [0.3, 0.4) is 0 Å². The van der Waals surface area contributed by atoms with E-state index in [1.165, 1.54) is 0 Å². The van der Waals surface area contributed by atoms with Crippen LogP contribution in [0.25, 0.3) is 0 Å². The number of aliphatic imine (C=N–C) groups is 2. The number of carbonyl (C=O) groups is 2. The fourth-order valence-electron chi connectivity index (χ4n) is 5.64. The van der Waals surface area contributed by atoms with E-state index in [0.717, 1.165) is 57.0 Å². The molecule has 0 bridgehead atoms. The first-order valence-corrected chi connectivity index (χ1v) is 18.9. The first kappa shape index (κ1) is 41.6. The molecule has 0 atom stereocenters. The molecule has 6 aromatic rings. The van der Waals surface area contributed by atoms with Gasteiger partial charge in [0.25, 0.3) is 0 Å². The van der Waals surface area contributed by atoms with Crippen molar-refractivity contribution < 1.29 is 28.7 Å². The van der Waals surface area contributed by atoms with Gasteiger partial charge in [-0.05, 0) is 69.8 Å². The number of hydroxylamine groups is 2. The maximum Gasteiger partial charge on any atom is 0.356 e. The molecule has 0 aliphatic heterocycles. The lowest BCUT2D eigenvalue weighted by Crippen LogP contribution is -2.34. The Balaban J connectivity index is 1.09. The smallest absolute Gasteiger partial charge is 0.356 e. The number of ether oxygens (including phenoxy) is 2. The third-order valence-corrected chi connectivity index (χ3v) is 8.74. The van der Waals surface area contributed by atoms with Crippen molar-refractivity contribution in [3.63, 3.8) is 0 Å². The molecule has 0 amide bonds. The summed E-state index contributed by atoms with van der Waals surface area (Å²) in [6.45, 7) is 0.539. The molecule has 60 heavy (non-hydrogen) atoms. The molecule has 0 aliphatic rings. The molecular weight excluding hydrogens is 761 g/mol. The largest absolute Gasteiger partial charge is 0.497 e. The van der Waals surface area contributed by atoms with Gasteiger partial charge < -0.3 is 29.8 Å². The summed E-state index contributed by atoms with van der Waals surface area (Å²) in [6, 6.07) is 42.2. The average Bonchev–Trinajstić information content (AvgIpc) is 3.29. The SMILES string of the molecule is COc1ccc(Cc2cccnc2NC(=NCc2ccccc2)NOC(=O)/C=C\C(=O)ONC(=NCc2ccccc2)Nc2ncccc2Cc2ccc(OC)cc2)cc1. The monoisotopic (exact) mass is 804 g/mol. The van der Waals surface area contributed by atoms with Gasteiger partial charge in [-0.1, -0.05) is 97.1 Å². The quantitative estimate of drug-likeness (QED) is 0.0387. The van der Waals surface area contributed by atoms with Gasteiger partial charge in [0.05, 0.1) is 27.3 Å². The molecule has 0 aliphatic carbocycles. The van der Waals surface area contributed by atoms with E-state index in [1.54, 1.807) is 26.6 Å². The van der Waals surface area contributed by atoms with Crippen molar-refractivity contribution in [3.05, 3.63) is 191 Å². The normalized spacial score (nSPS) is 11.4. The molecule has 0 spiro atoms. The molecule has 0 saturated carbocycles. The van der Waals surface area contributed by atoms with Crippen molar-refractivity contribution in [1.29, 1.82) is 0 Å². The van der Waals surface area contributed by atoms with Gasteiger partial charge in [0.2, 0.25) is 11.9 Å². The molecule has 4 N–H and O–H groups in total. The summed E-state index contributed by atoms with van der Waals surface area (Å²) in [5, 5.41) is 6.30.